The first-order valence-corrected chi connectivity index (χ1v) is 9.25. The van der Waals surface area contributed by atoms with Crippen LogP contribution in [0.2, 0.25) is 0 Å². The molecule has 0 amide bonds. The number of nitrogens with zero attached hydrogens (tertiary/aromatic N) is 2. The topological polar surface area (TPSA) is 46.9 Å². The Morgan fingerprint density at radius 3 is 2.32 bits per heavy atom. The summed E-state index contributed by atoms with van der Waals surface area (Å²) in [6.45, 7) is 2.68. The molecule has 0 saturated heterocycles. The van der Waals surface area contributed by atoms with Gasteiger partial charge < -0.3 is 5.32 Å². The molecule has 0 fully saturated rings. The Balaban J connectivity index is 1.68. The molecule has 28 heavy (non-hydrogen) atoms. The highest BCUT2D eigenvalue weighted by atomic mass is 16.2. The van der Waals surface area contributed by atoms with Crippen LogP contribution in [-0.2, 0) is 6.54 Å². The monoisotopic (exact) mass is 367 g/mol. The summed E-state index contributed by atoms with van der Waals surface area (Å²) in [5.41, 5.74) is 4.69. The zero-order valence-electron chi connectivity index (χ0n) is 15.7. The zero-order valence-corrected chi connectivity index (χ0v) is 15.7. The lowest BCUT2D eigenvalue weighted by Crippen LogP contribution is -2.17. The van der Waals surface area contributed by atoms with Crippen molar-refractivity contribution in [3.8, 4) is 11.3 Å². The first-order valence-electron chi connectivity index (χ1n) is 9.25. The number of benzene rings is 3. The van der Waals surface area contributed by atoms with Crippen LogP contribution in [0.1, 0.15) is 21.5 Å². The van der Waals surface area contributed by atoms with Gasteiger partial charge in [0.05, 0.1) is 5.69 Å². The van der Waals surface area contributed by atoms with E-state index in [0.717, 1.165) is 16.8 Å². The molecule has 138 valence electrons. The third kappa shape index (κ3) is 3.86. The smallest absolute Gasteiger partial charge is 0.280 e. The second kappa shape index (κ2) is 7.92. The van der Waals surface area contributed by atoms with Gasteiger partial charge in [-0.3, -0.25) is 4.79 Å². The largest absolute Gasteiger partial charge is 0.366 e. The van der Waals surface area contributed by atoms with Crippen molar-refractivity contribution in [1.82, 2.24) is 9.78 Å². The third-order valence-corrected chi connectivity index (χ3v) is 4.55. The number of hydrogen-bond donors (Lipinski definition) is 1. The van der Waals surface area contributed by atoms with Crippen molar-refractivity contribution in [2.24, 2.45) is 0 Å². The second-order valence-corrected chi connectivity index (χ2v) is 6.71. The summed E-state index contributed by atoms with van der Waals surface area (Å²) in [5.74, 6) is 0.517. The van der Waals surface area contributed by atoms with Crippen LogP contribution in [0.3, 0.4) is 0 Å². The van der Waals surface area contributed by atoms with Crippen molar-refractivity contribution in [3.63, 3.8) is 0 Å². The van der Waals surface area contributed by atoms with Crippen molar-refractivity contribution in [1.29, 1.82) is 0 Å². The van der Waals surface area contributed by atoms with E-state index in [2.05, 4.69) is 35.5 Å². The summed E-state index contributed by atoms with van der Waals surface area (Å²) < 4.78 is 1.45. The Hall–Kier alpha value is -3.66. The van der Waals surface area contributed by atoms with E-state index >= 15 is 0 Å². The maximum Gasteiger partial charge on any atom is 0.280 e. The molecule has 1 N–H and O–H groups in total. The van der Waals surface area contributed by atoms with Gasteiger partial charge in [-0.1, -0.05) is 78.4 Å². The molecule has 0 bridgehead atoms. The highest BCUT2D eigenvalue weighted by Gasteiger charge is 2.17. The summed E-state index contributed by atoms with van der Waals surface area (Å²) in [5, 5.41) is 7.97. The number of aromatic nitrogens is 2. The number of carbonyl (C=O) groups is 1. The quantitative estimate of drug-likeness (QED) is 0.530. The molecule has 3 aromatic carbocycles. The molecule has 0 atom stereocenters. The van der Waals surface area contributed by atoms with Gasteiger partial charge >= 0.3 is 0 Å². The second-order valence-electron chi connectivity index (χ2n) is 6.71. The number of aryl methyl sites for hydroxylation is 1. The van der Waals surface area contributed by atoms with Gasteiger partial charge in [0.15, 0.2) is 0 Å². The molecule has 4 rings (SSSR count). The summed E-state index contributed by atoms with van der Waals surface area (Å²) in [6, 6.07) is 29.3. The Bertz CT molecular complexity index is 1090. The molecule has 0 radical (unpaired) electrons. The molecular weight excluding hydrogens is 346 g/mol. The van der Waals surface area contributed by atoms with Crippen LogP contribution < -0.4 is 5.32 Å². The first-order chi connectivity index (χ1) is 13.7. The molecule has 4 nitrogen and oxygen atoms in total. The fourth-order valence-electron chi connectivity index (χ4n) is 3.13. The van der Waals surface area contributed by atoms with Crippen molar-refractivity contribution in [3.05, 3.63) is 108 Å². The van der Waals surface area contributed by atoms with Gasteiger partial charge in [0, 0.05) is 23.7 Å². The van der Waals surface area contributed by atoms with Crippen LogP contribution in [-0.4, -0.2) is 15.7 Å². The number of nitrogens with one attached hydrogen (secondary N) is 1. The Kier molecular flexibility index (Phi) is 5.02. The Labute approximate surface area is 164 Å². The molecule has 4 aromatic rings. The predicted octanol–water partition coefficient (Wildman–Crippen LogP) is 5.16. The number of rotatable bonds is 5. The van der Waals surface area contributed by atoms with E-state index in [1.165, 1.54) is 10.2 Å². The van der Waals surface area contributed by atoms with Gasteiger partial charge in [-0.25, -0.2) is 0 Å². The molecule has 0 aliphatic rings. The van der Waals surface area contributed by atoms with Crippen LogP contribution in [0.4, 0.5) is 5.82 Å². The van der Waals surface area contributed by atoms with E-state index in [0.29, 0.717) is 17.9 Å². The fraction of sp³-hybridized carbons (Fsp3) is 0.0833. The van der Waals surface area contributed by atoms with Gasteiger partial charge in [0.25, 0.3) is 5.91 Å². The van der Waals surface area contributed by atoms with Crippen molar-refractivity contribution < 1.29 is 4.79 Å². The van der Waals surface area contributed by atoms with E-state index < -0.39 is 0 Å². The lowest BCUT2D eigenvalue weighted by atomic mass is 10.1. The van der Waals surface area contributed by atoms with Crippen molar-refractivity contribution >= 4 is 11.7 Å². The maximum absolute atomic E-state index is 13.0. The first kappa shape index (κ1) is 17.7. The molecular formula is C24H21N3O. The number of anilines is 1. The molecule has 0 unspecified atom stereocenters. The van der Waals surface area contributed by atoms with E-state index in [1.54, 1.807) is 12.1 Å². The molecule has 0 aliphatic carbocycles. The minimum Gasteiger partial charge on any atom is -0.366 e. The SMILES string of the molecule is Cc1cccc(CNc2cc(-c3ccccc3)nn2C(=O)c2ccccc2)c1. The maximum atomic E-state index is 13.0. The van der Waals surface area contributed by atoms with Crippen LogP contribution >= 0.6 is 0 Å². The normalized spacial score (nSPS) is 10.6. The van der Waals surface area contributed by atoms with Crippen LogP contribution in [0.5, 0.6) is 0 Å². The average molecular weight is 367 g/mol. The van der Waals surface area contributed by atoms with Crippen molar-refractivity contribution in [2.75, 3.05) is 5.32 Å². The minimum absolute atomic E-state index is 0.158. The highest BCUT2D eigenvalue weighted by molar-refractivity contribution is 5.97. The molecule has 4 heteroatoms. The van der Waals surface area contributed by atoms with Crippen LogP contribution in [0.25, 0.3) is 11.3 Å². The summed E-state index contributed by atoms with van der Waals surface area (Å²) >= 11 is 0. The van der Waals surface area contributed by atoms with Crippen LogP contribution in [0.15, 0.2) is 91.0 Å². The minimum atomic E-state index is -0.158. The van der Waals surface area contributed by atoms with E-state index in [9.17, 15) is 4.79 Å². The fourth-order valence-corrected chi connectivity index (χ4v) is 3.13. The van der Waals surface area contributed by atoms with Crippen LogP contribution in [0, 0.1) is 6.92 Å². The van der Waals surface area contributed by atoms with Gasteiger partial charge in [-0.15, -0.1) is 0 Å². The third-order valence-electron chi connectivity index (χ3n) is 4.55. The average Bonchev–Trinajstić information content (AvgIpc) is 3.17. The van der Waals surface area contributed by atoms with E-state index in [4.69, 9.17) is 0 Å². The van der Waals surface area contributed by atoms with Gasteiger partial charge in [0.1, 0.15) is 5.82 Å². The zero-order chi connectivity index (χ0) is 19.3. The van der Waals surface area contributed by atoms with E-state index in [-0.39, 0.29) is 5.91 Å². The number of hydrogen-bond acceptors (Lipinski definition) is 3. The Morgan fingerprint density at radius 1 is 0.893 bits per heavy atom. The Morgan fingerprint density at radius 2 is 1.61 bits per heavy atom. The molecule has 0 aliphatic heterocycles. The van der Waals surface area contributed by atoms with E-state index in [1.807, 2.05) is 60.7 Å². The molecule has 0 spiro atoms. The molecule has 1 aromatic heterocycles. The highest BCUT2D eigenvalue weighted by Crippen LogP contribution is 2.23. The summed E-state index contributed by atoms with van der Waals surface area (Å²) in [4.78, 5) is 13.0. The standard InChI is InChI=1S/C24H21N3O/c1-18-9-8-10-19(15-18)17-25-23-16-22(20-11-4-2-5-12-20)26-27(23)24(28)21-13-6-3-7-14-21/h2-16,25H,17H2,1H3. The molecule has 1 heterocycles. The van der Waals surface area contributed by atoms with Gasteiger partial charge in [0.2, 0.25) is 0 Å². The summed E-state index contributed by atoms with van der Waals surface area (Å²) in [6.07, 6.45) is 0. The van der Waals surface area contributed by atoms with Gasteiger partial charge in [-0.2, -0.15) is 9.78 Å². The lowest BCUT2D eigenvalue weighted by molar-refractivity contribution is 0.0948. The van der Waals surface area contributed by atoms with Gasteiger partial charge in [-0.05, 0) is 24.6 Å². The summed E-state index contributed by atoms with van der Waals surface area (Å²) in [7, 11) is 0. The lowest BCUT2D eigenvalue weighted by Gasteiger charge is -2.09. The van der Waals surface area contributed by atoms with Crippen molar-refractivity contribution in [2.45, 2.75) is 13.5 Å². The number of carbonyl (C=O) groups excluding carboxylic acids is 1. The predicted molar refractivity (Wildman–Crippen MR) is 112 cm³/mol. The molecule has 0 saturated carbocycles.